The molecule has 134 valence electrons. The van der Waals surface area contributed by atoms with E-state index in [0.717, 1.165) is 17.7 Å². The van der Waals surface area contributed by atoms with Crippen LogP contribution in [-0.4, -0.2) is 48.3 Å². The first-order valence-corrected chi connectivity index (χ1v) is 8.61. The van der Waals surface area contributed by atoms with Crippen molar-refractivity contribution in [1.82, 2.24) is 4.90 Å². The topological polar surface area (TPSA) is 38.8 Å². The minimum atomic E-state index is -2.87. The molecular weight excluding hydrogens is 304 g/mol. The molecule has 2 fully saturated rings. The highest BCUT2D eigenvalue weighted by Gasteiger charge is 2.48. The van der Waals surface area contributed by atoms with Crippen LogP contribution in [0.3, 0.4) is 0 Å². The van der Waals surface area contributed by atoms with Crippen LogP contribution in [0.15, 0.2) is 0 Å². The van der Waals surface area contributed by atoms with Crippen molar-refractivity contribution < 1.29 is 23.0 Å². The SMILES string of the molecule is CC(C)(C)OC(=O)N1CC(F)(F)CC1COCC1CCCCC1. The Morgan fingerprint density at radius 3 is 2.43 bits per heavy atom. The van der Waals surface area contributed by atoms with E-state index in [1.807, 2.05) is 0 Å². The van der Waals surface area contributed by atoms with Crippen molar-refractivity contribution in [2.24, 2.45) is 5.92 Å². The zero-order chi connectivity index (χ0) is 17.1. The van der Waals surface area contributed by atoms with Crippen molar-refractivity contribution in [3.63, 3.8) is 0 Å². The zero-order valence-corrected chi connectivity index (χ0v) is 14.4. The van der Waals surface area contributed by atoms with Crippen LogP contribution < -0.4 is 0 Å². The largest absolute Gasteiger partial charge is 0.444 e. The smallest absolute Gasteiger partial charge is 0.410 e. The average Bonchev–Trinajstić information content (AvgIpc) is 2.73. The summed E-state index contributed by atoms with van der Waals surface area (Å²) in [5.41, 5.74) is -0.692. The van der Waals surface area contributed by atoms with E-state index >= 15 is 0 Å². The summed E-state index contributed by atoms with van der Waals surface area (Å²) < 4.78 is 38.3. The second-order valence-electron chi connectivity index (χ2n) is 7.86. The van der Waals surface area contributed by atoms with E-state index < -0.39 is 30.2 Å². The van der Waals surface area contributed by atoms with Crippen LogP contribution in [0.1, 0.15) is 59.3 Å². The fourth-order valence-electron chi connectivity index (χ4n) is 3.31. The Morgan fingerprint density at radius 2 is 1.83 bits per heavy atom. The number of hydrogen-bond acceptors (Lipinski definition) is 3. The summed E-state index contributed by atoms with van der Waals surface area (Å²) >= 11 is 0. The Morgan fingerprint density at radius 1 is 1.17 bits per heavy atom. The summed E-state index contributed by atoms with van der Waals surface area (Å²) in [7, 11) is 0. The molecule has 23 heavy (non-hydrogen) atoms. The van der Waals surface area contributed by atoms with Crippen molar-refractivity contribution in [3.8, 4) is 0 Å². The van der Waals surface area contributed by atoms with Gasteiger partial charge in [0, 0.05) is 13.0 Å². The van der Waals surface area contributed by atoms with Crippen molar-refractivity contribution in [1.29, 1.82) is 0 Å². The summed E-state index contributed by atoms with van der Waals surface area (Å²) in [5, 5.41) is 0. The summed E-state index contributed by atoms with van der Waals surface area (Å²) in [6, 6.07) is -0.608. The Labute approximate surface area is 137 Å². The predicted octanol–water partition coefficient (Wildman–Crippen LogP) is 4.23. The molecule has 1 unspecified atom stereocenters. The van der Waals surface area contributed by atoms with Crippen LogP contribution in [0.5, 0.6) is 0 Å². The van der Waals surface area contributed by atoms with Gasteiger partial charge in [-0.3, -0.25) is 4.90 Å². The van der Waals surface area contributed by atoms with Gasteiger partial charge in [0.2, 0.25) is 0 Å². The normalized spacial score (nSPS) is 25.6. The van der Waals surface area contributed by atoms with Gasteiger partial charge < -0.3 is 9.47 Å². The van der Waals surface area contributed by atoms with Gasteiger partial charge in [0.15, 0.2) is 0 Å². The van der Waals surface area contributed by atoms with Crippen molar-refractivity contribution in [2.75, 3.05) is 19.8 Å². The highest BCUT2D eigenvalue weighted by molar-refractivity contribution is 5.69. The molecule has 0 spiro atoms. The molecular formula is C17H29F2NO3. The van der Waals surface area contributed by atoms with Crippen LogP contribution in [0.2, 0.25) is 0 Å². The number of hydrogen-bond donors (Lipinski definition) is 0. The number of carbonyl (C=O) groups excluding carboxylic acids is 1. The van der Waals surface area contributed by atoms with Gasteiger partial charge in [-0.25, -0.2) is 13.6 Å². The molecule has 0 radical (unpaired) electrons. The summed E-state index contributed by atoms with van der Waals surface area (Å²) in [6.07, 6.45) is 4.99. The maximum absolute atomic E-state index is 13.7. The van der Waals surface area contributed by atoms with Crippen molar-refractivity contribution in [3.05, 3.63) is 0 Å². The third-order valence-electron chi connectivity index (χ3n) is 4.39. The molecule has 1 amide bonds. The summed E-state index contributed by atoms with van der Waals surface area (Å²) in [5.74, 6) is -2.34. The van der Waals surface area contributed by atoms with Crippen LogP contribution in [0, 0.1) is 5.92 Å². The Balaban J connectivity index is 1.85. The maximum Gasteiger partial charge on any atom is 0.410 e. The monoisotopic (exact) mass is 333 g/mol. The number of likely N-dealkylation sites (tertiary alicyclic amines) is 1. The molecule has 6 heteroatoms. The second-order valence-corrected chi connectivity index (χ2v) is 7.86. The second kappa shape index (κ2) is 7.32. The average molecular weight is 333 g/mol. The standard InChI is InChI=1S/C17H29F2NO3/c1-16(2,3)23-15(21)20-12-17(18,19)9-14(20)11-22-10-13-7-5-4-6-8-13/h13-14H,4-12H2,1-3H3. The molecule has 0 N–H and O–H groups in total. The van der Waals surface area contributed by atoms with E-state index in [1.54, 1.807) is 20.8 Å². The quantitative estimate of drug-likeness (QED) is 0.773. The number of amides is 1. The van der Waals surface area contributed by atoms with E-state index in [4.69, 9.17) is 9.47 Å². The van der Waals surface area contributed by atoms with Gasteiger partial charge in [0.05, 0.1) is 19.2 Å². The molecule has 1 aliphatic carbocycles. The Hall–Kier alpha value is -0.910. The first-order valence-electron chi connectivity index (χ1n) is 8.61. The van der Waals surface area contributed by atoms with E-state index in [1.165, 1.54) is 19.3 Å². The lowest BCUT2D eigenvalue weighted by Crippen LogP contribution is -2.42. The van der Waals surface area contributed by atoms with Gasteiger partial charge in [-0.1, -0.05) is 19.3 Å². The van der Waals surface area contributed by atoms with Crippen LogP contribution in [0.25, 0.3) is 0 Å². The Bertz CT molecular complexity index is 403. The van der Waals surface area contributed by atoms with Crippen LogP contribution in [-0.2, 0) is 9.47 Å². The van der Waals surface area contributed by atoms with E-state index in [9.17, 15) is 13.6 Å². The maximum atomic E-state index is 13.7. The van der Waals surface area contributed by atoms with Gasteiger partial charge in [0.1, 0.15) is 5.60 Å². The number of carbonyl (C=O) groups is 1. The van der Waals surface area contributed by atoms with Crippen LogP contribution >= 0.6 is 0 Å². The van der Waals surface area contributed by atoms with E-state index in [2.05, 4.69) is 0 Å². The minimum Gasteiger partial charge on any atom is -0.444 e. The molecule has 1 atom stereocenters. The number of ether oxygens (including phenoxy) is 2. The molecule has 1 heterocycles. The van der Waals surface area contributed by atoms with Gasteiger partial charge in [-0.05, 0) is 39.5 Å². The Kier molecular flexibility index (Phi) is 5.87. The first-order chi connectivity index (χ1) is 10.7. The van der Waals surface area contributed by atoms with Gasteiger partial charge >= 0.3 is 6.09 Å². The zero-order valence-electron chi connectivity index (χ0n) is 14.4. The molecule has 0 bridgehead atoms. The number of rotatable bonds is 4. The molecule has 0 aromatic rings. The molecule has 2 aliphatic rings. The number of nitrogens with zero attached hydrogens (tertiary/aromatic N) is 1. The molecule has 1 aliphatic heterocycles. The van der Waals surface area contributed by atoms with Crippen molar-refractivity contribution in [2.45, 2.75) is 76.9 Å². The van der Waals surface area contributed by atoms with E-state index in [-0.39, 0.29) is 13.0 Å². The lowest BCUT2D eigenvalue weighted by atomic mass is 9.90. The lowest BCUT2D eigenvalue weighted by Gasteiger charge is -2.28. The minimum absolute atomic E-state index is 0.158. The number of halogens is 2. The molecule has 1 saturated carbocycles. The highest BCUT2D eigenvalue weighted by Crippen LogP contribution is 2.33. The summed E-state index contributed by atoms with van der Waals surface area (Å²) in [6.45, 7) is 5.37. The molecule has 0 aromatic heterocycles. The van der Waals surface area contributed by atoms with Crippen molar-refractivity contribution >= 4 is 6.09 Å². The molecule has 0 aromatic carbocycles. The lowest BCUT2D eigenvalue weighted by molar-refractivity contribution is -0.00439. The third-order valence-corrected chi connectivity index (χ3v) is 4.39. The fourth-order valence-corrected chi connectivity index (χ4v) is 3.31. The third kappa shape index (κ3) is 5.90. The fraction of sp³-hybridized carbons (Fsp3) is 0.941. The predicted molar refractivity (Wildman–Crippen MR) is 83.7 cm³/mol. The molecule has 4 nitrogen and oxygen atoms in total. The first kappa shape index (κ1) is 18.4. The van der Waals surface area contributed by atoms with Gasteiger partial charge in [-0.2, -0.15) is 0 Å². The highest BCUT2D eigenvalue weighted by atomic mass is 19.3. The van der Waals surface area contributed by atoms with Crippen LogP contribution in [0.4, 0.5) is 13.6 Å². The van der Waals surface area contributed by atoms with E-state index in [0.29, 0.717) is 12.5 Å². The van der Waals surface area contributed by atoms with Gasteiger partial charge in [-0.15, -0.1) is 0 Å². The molecule has 1 saturated heterocycles. The summed E-state index contributed by atoms with van der Waals surface area (Å²) in [4.78, 5) is 13.3. The number of alkyl halides is 2. The van der Waals surface area contributed by atoms with Gasteiger partial charge in [0.25, 0.3) is 5.92 Å². The molecule has 2 rings (SSSR count).